The molecule has 3 nitrogen and oxygen atoms in total. The van der Waals surface area contributed by atoms with Gasteiger partial charge in [-0.3, -0.25) is 0 Å². The van der Waals surface area contributed by atoms with Crippen molar-refractivity contribution >= 4 is 0 Å². The van der Waals surface area contributed by atoms with E-state index in [1.54, 1.807) is 20.8 Å². The zero-order chi connectivity index (χ0) is 9.12. The SMILES string of the molecule is CC(C)(C#N)CC(C)(N)C#N. The predicted molar refractivity (Wildman–Crippen MR) is 42.2 cm³/mol. The summed E-state index contributed by atoms with van der Waals surface area (Å²) in [5.74, 6) is 0. The molecule has 0 aliphatic heterocycles. The summed E-state index contributed by atoms with van der Waals surface area (Å²) in [6, 6.07) is 4.06. The van der Waals surface area contributed by atoms with E-state index < -0.39 is 11.0 Å². The van der Waals surface area contributed by atoms with Gasteiger partial charge in [0, 0.05) is 0 Å². The Morgan fingerprint density at radius 1 is 1.18 bits per heavy atom. The molecule has 0 fully saturated rings. The van der Waals surface area contributed by atoms with Crippen molar-refractivity contribution in [2.75, 3.05) is 0 Å². The minimum Gasteiger partial charge on any atom is -0.314 e. The lowest BCUT2D eigenvalue weighted by atomic mass is 9.82. The first-order valence-electron chi connectivity index (χ1n) is 3.44. The second-order valence-corrected chi connectivity index (χ2v) is 3.70. The molecular formula is C8H13N3. The standard InChI is InChI=1S/C8H13N3/c1-7(2,5-9)4-8(3,11)6-10/h4,11H2,1-3H3. The molecule has 0 saturated carbocycles. The first-order chi connectivity index (χ1) is 4.83. The number of nitrogens with two attached hydrogens (primary N) is 1. The minimum atomic E-state index is -0.890. The summed E-state index contributed by atoms with van der Waals surface area (Å²) >= 11 is 0. The van der Waals surface area contributed by atoms with E-state index in [0.29, 0.717) is 6.42 Å². The predicted octanol–water partition coefficient (Wildman–Crippen LogP) is 1.17. The van der Waals surface area contributed by atoms with Gasteiger partial charge in [-0.25, -0.2) is 0 Å². The lowest BCUT2D eigenvalue weighted by Gasteiger charge is -2.23. The van der Waals surface area contributed by atoms with E-state index in [-0.39, 0.29) is 0 Å². The summed E-state index contributed by atoms with van der Waals surface area (Å²) in [5, 5.41) is 17.2. The summed E-state index contributed by atoms with van der Waals surface area (Å²) < 4.78 is 0. The van der Waals surface area contributed by atoms with E-state index in [9.17, 15) is 0 Å². The quantitative estimate of drug-likeness (QED) is 0.643. The van der Waals surface area contributed by atoms with Gasteiger partial charge in [0.05, 0.1) is 17.6 Å². The molecule has 0 saturated heterocycles. The van der Waals surface area contributed by atoms with E-state index in [1.807, 2.05) is 6.07 Å². The highest BCUT2D eigenvalue weighted by Gasteiger charge is 2.28. The van der Waals surface area contributed by atoms with Crippen molar-refractivity contribution in [3.8, 4) is 12.1 Å². The molecule has 0 aliphatic carbocycles. The minimum absolute atomic E-state index is 0.396. The third-order valence-corrected chi connectivity index (χ3v) is 1.37. The summed E-state index contributed by atoms with van der Waals surface area (Å²) in [6.45, 7) is 5.18. The maximum absolute atomic E-state index is 8.64. The molecule has 3 heteroatoms. The first-order valence-corrected chi connectivity index (χ1v) is 3.44. The van der Waals surface area contributed by atoms with Crippen LogP contribution in [-0.4, -0.2) is 5.54 Å². The average Bonchev–Trinajstić information content (AvgIpc) is 1.86. The van der Waals surface area contributed by atoms with Gasteiger partial charge in [-0.1, -0.05) is 0 Å². The van der Waals surface area contributed by atoms with Crippen molar-refractivity contribution < 1.29 is 0 Å². The monoisotopic (exact) mass is 151 g/mol. The van der Waals surface area contributed by atoms with Crippen molar-refractivity contribution in [1.82, 2.24) is 0 Å². The van der Waals surface area contributed by atoms with E-state index in [2.05, 4.69) is 6.07 Å². The second-order valence-electron chi connectivity index (χ2n) is 3.70. The van der Waals surface area contributed by atoms with Gasteiger partial charge >= 0.3 is 0 Å². The topological polar surface area (TPSA) is 73.6 Å². The average molecular weight is 151 g/mol. The summed E-state index contributed by atoms with van der Waals surface area (Å²) in [4.78, 5) is 0. The summed E-state index contributed by atoms with van der Waals surface area (Å²) in [5.41, 5.74) is 4.16. The maximum Gasteiger partial charge on any atom is 0.102 e. The van der Waals surface area contributed by atoms with E-state index in [1.165, 1.54) is 0 Å². The van der Waals surface area contributed by atoms with Crippen LogP contribution >= 0.6 is 0 Å². The Balaban J connectivity index is 4.31. The Morgan fingerprint density at radius 2 is 1.64 bits per heavy atom. The molecule has 0 spiro atoms. The number of nitriles is 2. The summed E-state index contributed by atoms with van der Waals surface area (Å²) in [6.07, 6.45) is 0.396. The molecule has 0 aromatic rings. The molecule has 2 N–H and O–H groups in total. The van der Waals surface area contributed by atoms with E-state index in [4.69, 9.17) is 16.3 Å². The normalized spacial score (nSPS) is 16.2. The van der Waals surface area contributed by atoms with Gasteiger partial charge < -0.3 is 5.73 Å². The zero-order valence-electron chi connectivity index (χ0n) is 7.18. The Hall–Kier alpha value is -1.06. The van der Waals surface area contributed by atoms with Crippen molar-refractivity contribution in [3.63, 3.8) is 0 Å². The molecule has 1 atom stereocenters. The molecule has 60 valence electrons. The number of nitrogens with zero attached hydrogens (tertiary/aromatic N) is 2. The van der Waals surface area contributed by atoms with Crippen LogP contribution in [-0.2, 0) is 0 Å². The van der Waals surface area contributed by atoms with Gasteiger partial charge in [0.1, 0.15) is 5.54 Å². The van der Waals surface area contributed by atoms with Gasteiger partial charge in [0.15, 0.2) is 0 Å². The fraction of sp³-hybridized carbons (Fsp3) is 0.750. The maximum atomic E-state index is 8.64. The molecule has 0 heterocycles. The second kappa shape index (κ2) is 2.90. The van der Waals surface area contributed by atoms with Crippen molar-refractivity contribution in [2.45, 2.75) is 32.7 Å². The molecule has 0 radical (unpaired) electrons. The summed E-state index contributed by atoms with van der Waals surface area (Å²) in [7, 11) is 0. The number of hydrogen-bond donors (Lipinski definition) is 1. The third kappa shape index (κ3) is 3.60. The third-order valence-electron chi connectivity index (χ3n) is 1.37. The lowest BCUT2D eigenvalue weighted by molar-refractivity contribution is 0.365. The molecule has 0 aliphatic rings. The van der Waals surface area contributed by atoms with Crippen LogP contribution in [0.1, 0.15) is 27.2 Å². The Kier molecular flexibility index (Phi) is 2.62. The Bertz CT molecular complexity index is 190. The van der Waals surface area contributed by atoms with Crippen LogP contribution in [0.15, 0.2) is 0 Å². The lowest BCUT2D eigenvalue weighted by Crippen LogP contribution is -2.38. The largest absolute Gasteiger partial charge is 0.314 e. The Labute approximate surface area is 67.4 Å². The van der Waals surface area contributed by atoms with Gasteiger partial charge in [-0.05, 0) is 27.2 Å². The van der Waals surface area contributed by atoms with Crippen LogP contribution in [0.5, 0.6) is 0 Å². The molecule has 11 heavy (non-hydrogen) atoms. The van der Waals surface area contributed by atoms with Crippen LogP contribution in [0, 0.1) is 28.1 Å². The van der Waals surface area contributed by atoms with Gasteiger partial charge in [-0.2, -0.15) is 10.5 Å². The van der Waals surface area contributed by atoms with Gasteiger partial charge in [0.25, 0.3) is 0 Å². The van der Waals surface area contributed by atoms with Crippen LogP contribution in [0.4, 0.5) is 0 Å². The van der Waals surface area contributed by atoms with Crippen LogP contribution in [0.25, 0.3) is 0 Å². The van der Waals surface area contributed by atoms with Crippen LogP contribution in [0.3, 0.4) is 0 Å². The van der Waals surface area contributed by atoms with E-state index >= 15 is 0 Å². The van der Waals surface area contributed by atoms with Crippen molar-refractivity contribution in [1.29, 1.82) is 10.5 Å². The highest BCUT2D eigenvalue weighted by Crippen LogP contribution is 2.24. The van der Waals surface area contributed by atoms with Gasteiger partial charge in [-0.15, -0.1) is 0 Å². The molecule has 0 aromatic heterocycles. The Morgan fingerprint density at radius 3 is 1.91 bits per heavy atom. The first kappa shape index (κ1) is 9.94. The molecule has 1 unspecified atom stereocenters. The molecule has 0 rings (SSSR count). The van der Waals surface area contributed by atoms with Crippen LogP contribution in [0.2, 0.25) is 0 Å². The highest BCUT2D eigenvalue weighted by atomic mass is 14.7. The van der Waals surface area contributed by atoms with Gasteiger partial charge in [0.2, 0.25) is 0 Å². The molecule has 0 amide bonds. The molecule has 0 bridgehead atoms. The number of hydrogen-bond acceptors (Lipinski definition) is 3. The van der Waals surface area contributed by atoms with E-state index in [0.717, 1.165) is 0 Å². The van der Waals surface area contributed by atoms with Crippen LogP contribution < -0.4 is 5.73 Å². The zero-order valence-corrected chi connectivity index (χ0v) is 7.18. The molecule has 0 aromatic carbocycles. The highest BCUT2D eigenvalue weighted by molar-refractivity contribution is 5.07. The fourth-order valence-corrected chi connectivity index (χ4v) is 0.997. The fourth-order valence-electron chi connectivity index (χ4n) is 0.997. The number of rotatable bonds is 2. The van der Waals surface area contributed by atoms with Crippen molar-refractivity contribution in [3.05, 3.63) is 0 Å². The smallest absolute Gasteiger partial charge is 0.102 e. The molecular weight excluding hydrogens is 138 g/mol. The van der Waals surface area contributed by atoms with Crippen molar-refractivity contribution in [2.24, 2.45) is 11.1 Å².